The van der Waals surface area contributed by atoms with Crippen molar-refractivity contribution < 1.29 is 32.3 Å². The van der Waals surface area contributed by atoms with Crippen LogP contribution in [0.25, 0.3) is 6.08 Å². The van der Waals surface area contributed by atoms with Crippen molar-refractivity contribution in [1.82, 2.24) is 5.32 Å². The molecule has 0 fully saturated rings. The Labute approximate surface area is 277 Å². The second-order valence-corrected chi connectivity index (χ2v) is 12.9. The number of hydrogen-bond acceptors (Lipinski definition) is 8. The molecule has 0 heterocycles. The second kappa shape index (κ2) is 15.9. The molecule has 244 valence electrons. The zero-order valence-corrected chi connectivity index (χ0v) is 27.5. The van der Waals surface area contributed by atoms with Gasteiger partial charge in [0.2, 0.25) is 15.9 Å². The first-order valence-electron chi connectivity index (χ1n) is 14.3. The largest absolute Gasteiger partial charge is 0.493 e. The molecule has 0 radical (unpaired) electrons. The molecule has 0 saturated heterocycles. The van der Waals surface area contributed by atoms with Crippen molar-refractivity contribution in [3.63, 3.8) is 0 Å². The summed E-state index contributed by atoms with van der Waals surface area (Å²) in [6.07, 6.45) is 1.99. The number of methoxy groups -OCH3 is 2. The lowest BCUT2D eigenvalue weighted by Crippen LogP contribution is -2.30. The first kappa shape index (κ1) is 34.8. The third kappa shape index (κ3) is 9.45. The lowest BCUT2D eigenvalue weighted by Gasteiger charge is -2.16. The number of ether oxygens (including phenoxy) is 2. The number of carbonyl (C=O) groups is 3. The molecule has 0 saturated carbocycles. The van der Waals surface area contributed by atoms with E-state index in [9.17, 15) is 22.8 Å². The van der Waals surface area contributed by atoms with Crippen LogP contribution < -0.4 is 30.6 Å². The fraction of sp³-hybridized carbons (Fsp3) is 0.147. The van der Waals surface area contributed by atoms with E-state index in [1.807, 2.05) is 13.0 Å². The number of sulfonamides is 1. The van der Waals surface area contributed by atoms with E-state index in [0.29, 0.717) is 45.3 Å². The zero-order chi connectivity index (χ0) is 34.0. The molecule has 11 nitrogen and oxygen atoms in total. The van der Waals surface area contributed by atoms with Gasteiger partial charge in [-0.25, -0.2) is 13.6 Å². The lowest BCUT2D eigenvalue weighted by atomic mass is 10.1. The van der Waals surface area contributed by atoms with E-state index in [1.54, 1.807) is 66.7 Å². The van der Waals surface area contributed by atoms with Crippen LogP contribution in [-0.4, -0.2) is 45.6 Å². The third-order valence-corrected chi connectivity index (χ3v) is 9.03. The van der Waals surface area contributed by atoms with Gasteiger partial charge in [-0.1, -0.05) is 43.3 Å². The number of carbonyl (C=O) groups excluding carboxylic acids is 3. The number of nitrogens with two attached hydrogens (primary N) is 1. The maximum absolute atomic E-state index is 13.6. The van der Waals surface area contributed by atoms with Gasteiger partial charge in [0.1, 0.15) is 5.70 Å². The number of nitrogens with one attached hydrogen (secondary N) is 3. The fourth-order valence-corrected chi connectivity index (χ4v) is 5.94. The fourth-order valence-electron chi connectivity index (χ4n) is 4.41. The van der Waals surface area contributed by atoms with E-state index in [1.165, 1.54) is 56.3 Å². The molecular formula is C34H34N4O7S2. The van der Waals surface area contributed by atoms with Crippen LogP contribution in [0.4, 0.5) is 11.4 Å². The van der Waals surface area contributed by atoms with Gasteiger partial charge in [0.25, 0.3) is 11.8 Å². The summed E-state index contributed by atoms with van der Waals surface area (Å²) in [6, 6.07) is 26.2. The number of primary sulfonamides is 1. The Morgan fingerprint density at radius 3 is 2.19 bits per heavy atom. The van der Waals surface area contributed by atoms with Crippen molar-refractivity contribution in [3.8, 4) is 11.5 Å². The summed E-state index contributed by atoms with van der Waals surface area (Å²) < 4.78 is 33.9. The number of hydrogen-bond donors (Lipinski definition) is 4. The Kier molecular flexibility index (Phi) is 11.8. The minimum atomic E-state index is -3.85. The first-order chi connectivity index (χ1) is 22.5. The minimum absolute atomic E-state index is 0.0391. The summed E-state index contributed by atoms with van der Waals surface area (Å²) in [6.45, 7) is 1.87. The second-order valence-electron chi connectivity index (χ2n) is 10.0. The highest BCUT2D eigenvalue weighted by Gasteiger charge is 2.20. The topological polar surface area (TPSA) is 166 Å². The number of benzene rings is 4. The van der Waals surface area contributed by atoms with Crippen LogP contribution in [0.5, 0.6) is 11.5 Å². The Hall–Kier alpha value is -5.11. The van der Waals surface area contributed by atoms with Gasteiger partial charge in [0, 0.05) is 27.4 Å². The van der Waals surface area contributed by atoms with Crippen molar-refractivity contribution in [2.75, 3.05) is 24.9 Å². The minimum Gasteiger partial charge on any atom is -0.493 e. The maximum Gasteiger partial charge on any atom is 0.272 e. The number of rotatable bonds is 13. The molecule has 1 atom stereocenters. The predicted octanol–water partition coefficient (Wildman–Crippen LogP) is 5.27. The highest BCUT2D eigenvalue weighted by molar-refractivity contribution is 8.00. The summed E-state index contributed by atoms with van der Waals surface area (Å²) in [5, 5.41) is 13.0. The molecular weight excluding hydrogens is 641 g/mol. The molecule has 0 aliphatic rings. The van der Waals surface area contributed by atoms with Gasteiger partial charge in [-0.3, -0.25) is 14.4 Å². The van der Waals surface area contributed by atoms with Crippen LogP contribution >= 0.6 is 11.8 Å². The van der Waals surface area contributed by atoms with Crippen molar-refractivity contribution in [2.45, 2.75) is 28.4 Å². The van der Waals surface area contributed by atoms with Crippen LogP contribution in [0.1, 0.15) is 29.3 Å². The molecule has 3 amide bonds. The number of anilines is 2. The van der Waals surface area contributed by atoms with Gasteiger partial charge >= 0.3 is 0 Å². The Morgan fingerprint density at radius 1 is 0.851 bits per heavy atom. The summed E-state index contributed by atoms with van der Waals surface area (Å²) >= 11 is 1.30. The molecule has 0 aliphatic carbocycles. The van der Waals surface area contributed by atoms with E-state index in [0.717, 1.165) is 0 Å². The maximum atomic E-state index is 13.6. The van der Waals surface area contributed by atoms with E-state index in [4.69, 9.17) is 14.6 Å². The quantitative estimate of drug-likeness (QED) is 0.110. The van der Waals surface area contributed by atoms with Crippen molar-refractivity contribution in [1.29, 1.82) is 0 Å². The average molecular weight is 675 g/mol. The summed E-state index contributed by atoms with van der Waals surface area (Å²) in [4.78, 5) is 40.4. The van der Waals surface area contributed by atoms with Gasteiger partial charge in [-0.15, -0.1) is 11.8 Å². The molecule has 47 heavy (non-hydrogen) atoms. The zero-order valence-electron chi connectivity index (χ0n) is 25.9. The van der Waals surface area contributed by atoms with E-state index in [-0.39, 0.29) is 16.5 Å². The van der Waals surface area contributed by atoms with Crippen molar-refractivity contribution in [2.24, 2.45) is 5.14 Å². The smallest absolute Gasteiger partial charge is 0.272 e. The lowest BCUT2D eigenvalue weighted by molar-refractivity contribution is -0.116. The summed E-state index contributed by atoms with van der Waals surface area (Å²) in [7, 11) is -0.868. The predicted molar refractivity (Wildman–Crippen MR) is 183 cm³/mol. The van der Waals surface area contributed by atoms with Crippen LogP contribution in [-0.2, 0) is 19.6 Å². The molecule has 0 aliphatic heterocycles. The van der Waals surface area contributed by atoms with Gasteiger partial charge in [0.15, 0.2) is 11.5 Å². The van der Waals surface area contributed by atoms with Crippen LogP contribution in [0.2, 0.25) is 0 Å². The Bertz CT molecular complexity index is 1880. The molecule has 13 heteroatoms. The molecule has 1 unspecified atom stereocenters. The van der Waals surface area contributed by atoms with E-state index in [2.05, 4.69) is 16.0 Å². The highest BCUT2D eigenvalue weighted by Crippen LogP contribution is 2.32. The molecule has 4 aromatic carbocycles. The monoisotopic (exact) mass is 674 g/mol. The molecule has 5 N–H and O–H groups in total. The summed E-state index contributed by atoms with van der Waals surface area (Å²) in [5.74, 6) is -0.508. The Balaban J connectivity index is 1.54. The molecule has 4 rings (SSSR count). The number of amides is 3. The van der Waals surface area contributed by atoms with Crippen LogP contribution in [0, 0.1) is 0 Å². The first-order valence-corrected chi connectivity index (χ1v) is 16.8. The molecule has 0 spiro atoms. The van der Waals surface area contributed by atoms with Gasteiger partial charge < -0.3 is 25.4 Å². The van der Waals surface area contributed by atoms with E-state index < -0.39 is 27.1 Å². The van der Waals surface area contributed by atoms with Gasteiger partial charge in [0.05, 0.1) is 24.4 Å². The van der Waals surface area contributed by atoms with Crippen molar-refractivity contribution in [3.05, 3.63) is 114 Å². The Morgan fingerprint density at radius 2 is 1.55 bits per heavy atom. The van der Waals surface area contributed by atoms with E-state index >= 15 is 0 Å². The number of thioether (sulfide) groups is 1. The van der Waals surface area contributed by atoms with Crippen LogP contribution in [0.3, 0.4) is 0 Å². The third-order valence-electron chi connectivity index (χ3n) is 6.75. The molecule has 0 bridgehead atoms. The van der Waals surface area contributed by atoms with Gasteiger partial charge in [-0.05, 0) is 73.2 Å². The molecule has 4 aromatic rings. The number of para-hydroxylation sites is 1. The van der Waals surface area contributed by atoms with Crippen LogP contribution in [0.15, 0.2) is 113 Å². The van der Waals surface area contributed by atoms with Crippen molar-refractivity contribution >= 4 is 57.0 Å². The SMILES string of the molecule is CCC(Sc1cccc(NC(=O)/C(=C\c2cccc(OC)c2OC)NC(=O)c2ccccc2)c1)C(=O)Nc1ccc(S(N)(=O)=O)cc1. The molecule has 0 aromatic heterocycles. The average Bonchev–Trinajstić information content (AvgIpc) is 3.07. The normalized spacial score (nSPS) is 12.0. The highest BCUT2D eigenvalue weighted by atomic mass is 32.2. The standard InChI is InChI=1S/C34H34N4O7S2/c1-4-30(34(41)36-24-16-18-27(19-17-24)47(35,42)43)46-26-14-9-13-25(21-26)37-33(40)28(38-32(39)22-10-6-5-7-11-22)20-23-12-8-15-29(44-2)31(23)45-3/h5-21,30H,4H2,1-3H3,(H,36,41)(H,37,40)(H,38,39)(H2,35,42,43)/b28-20+. The summed E-state index contributed by atoms with van der Waals surface area (Å²) in [5.41, 5.74) is 1.69. The van der Waals surface area contributed by atoms with Gasteiger partial charge in [-0.2, -0.15) is 0 Å².